The minimum absolute atomic E-state index is 0.118. The van der Waals surface area contributed by atoms with Gasteiger partial charge in [-0.2, -0.15) is 0 Å². The summed E-state index contributed by atoms with van der Waals surface area (Å²) in [6.45, 7) is 9.44. The van der Waals surface area contributed by atoms with Gasteiger partial charge in [0.1, 0.15) is 11.2 Å². The minimum Gasteiger partial charge on any atom is -0.456 e. The molecule has 0 atom stereocenters. The van der Waals surface area contributed by atoms with Gasteiger partial charge in [-0.05, 0) is 98.1 Å². The van der Waals surface area contributed by atoms with E-state index in [0.29, 0.717) is 0 Å². The quantitative estimate of drug-likeness (QED) is 0.190. The van der Waals surface area contributed by atoms with Gasteiger partial charge in [-0.15, -0.1) is 0 Å². The Balaban J connectivity index is 1.25. The van der Waals surface area contributed by atoms with Gasteiger partial charge in [-0.25, -0.2) is 0 Å². The maximum absolute atomic E-state index is 6.45. The lowest BCUT2D eigenvalue weighted by molar-refractivity contribution is 0.660. The predicted octanol–water partition coefficient (Wildman–Crippen LogP) is 13.3. The molecule has 240 valence electrons. The first-order valence-corrected chi connectivity index (χ1v) is 17.6. The van der Waals surface area contributed by atoms with Gasteiger partial charge < -0.3 is 9.32 Å². The molecule has 0 saturated carbocycles. The van der Waals surface area contributed by atoms with Crippen molar-refractivity contribution in [1.29, 1.82) is 0 Å². The molecule has 0 aliphatic heterocycles. The van der Waals surface area contributed by atoms with E-state index in [2.05, 4.69) is 178 Å². The van der Waals surface area contributed by atoms with Crippen molar-refractivity contribution in [2.45, 2.75) is 38.5 Å². The highest BCUT2D eigenvalue weighted by molar-refractivity contribution is 6.13. The maximum Gasteiger partial charge on any atom is 0.137 e. The molecule has 0 radical (unpaired) electrons. The van der Waals surface area contributed by atoms with E-state index in [-0.39, 0.29) is 10.8 Å². The molecular formula is C48H37NO. The van der Waals surface area contributed by atoms with Crippen LogP contribution in [0.4, 0.5) is 17.1 Å². The van der Waals surface area contributed by atoms with Crippen LogP contribution in [0.3, 0.4) is 0 Å². The molecule has 0 fully saturated rings. The van der Waals surface area contributed by atoms with Crippen molar-refractivity contribution in [3.8, 4) is 33.4 Å². The molecule has 0 spiro atoms. The number of hydrogen-bond acceptors (Lipinski definition) is 2. The Kier molecular flexibility index (Phi) is 6.01. The highest BCUT2D eigenvalue weighted by atomic mass is 16.3. The molecule has 2 heteroatoms. The number of anilines is 3. The number of fused-ring (bicyclic) bond motifs is 9. The van der Waals surface area contributed by atoms with E-state index in [1.807, 2.05) is 6.07 Å². The highest BCUT2D eigenvalue weighted by Gasteiger charge is 2.38. The van der Waals surface area contributed by atoms with Gasteiger partial charge in [0.15, 0.2) is 0 Å². The van der Waals surface area contributed by atoms with Crippen molar-refractivity contribution in [2.75, 3.05) is 4.90 Å². The molecule has 1 aromatic heterocycles. The van der Waals surface area contributed by atoms with Gasteiger partial charge in [0.05, 0.1) is 11.1 Å². The summed E-state index contributed by atoms with van der Waals surface area (Å²) in [7, 11) is 0. The molecule has 0 amide bonds. The first-order valence-electron chi connectivity index (χ1n) is 17.6. The van der Waals surface area contributed by atoms with Crippen LogP contribution in [0.2, 0.25) is 0 Å². The van der Waals surface area contributed by atoms with Crippen molar-refractivity contribution in [1.82, 2.24) is 0 Å². The van der Waals surface area contributed by atoms with Crippen LogP contribution >= 0.6 is 0 Å². The second-order valence-corrected chi connectivity index (χ2v) is 14.9. The van der Waals surface area contributed by atoms with Gasteiger partial charge in [0.2, 0.25) is 0 Å². The molecule has 10 rings (SSSR count). The third-order valence-corrected chi connectivity index (χ3v) is 11.5. The second kappa shape index (κ2) is 10.3. The fraction of sp³-hybridized carbons (Fsp3) is 0.125. The third kappa shape index (κ3) is 3.96. The van der Waals surface area contributed by atoms with Crippen molar-refractivity contribution in [2.24, 2.45) is 0 Å². The Bertz CT molecular complexity index is 2660. The van der Waals surface area contributed by atoms with Crippen LogP contribution in [-0.2, 0) is 10.8 Å². The van der Waals surface area contributed by atoms with Gasteiger partial charge in [-0.1, -0.05) is 137 Å². The molecule has 0 N–H and O–H groups in total. The molecule has 0 saturated heterocycles. The van der Waals surface area contributed by atoms with Crippen molar-refractivity contribution >= 4 is 39.0 Å². The van der Waals surface area contributed by atoms with Crippen LogP contribution in [0.25, 0.3) is 55.3 Å². The van der Waals surface area contributed by atoms with Crippen LogP contribution in [0, 0.1) is 0 Å². The fourth-order valence-corrected chi connectivity index (χ4v) is 8.99. The number of benzene rings is 7. The number of furan rings is 1. The molecule has 50 heavy (non-hydrogen) atoms. The Hall–Kier alpha value is -5.86. The van der Waals surface area contributed by atoms with E-state index in [0.717, 1.165) is 39.0 Å². The van der Waals surface area contributed by atoms with E-state index in [1.165, 1.54) is 55.6 Å². The standard InChI is InChI=1S/C48H37NO/c1-47(2)39-27-25-31(28-37(39)45-33(18-12-20-40(45)47)30-14-6-5-7-15-30)49(42-21-13-23-44-46(42)36-17-9-11-22-43(36)50-44)32-24-26-35-34-16-8-10-19-38(34)48(3,4)41(35)29-32/h5-29H,1-4H3. The molecule has 8 aromatic rings. The molecule has 0 bridgehead atoms. The van der Waals surface area contributed by atoms with Crippen LogP contribution in [0.15, 0.2) is 156 Å². The highest BCUT2D eigenvalue weighted by Crippen LogP contribution is 2.55. The lowest BCUT2D eigenvalue weighted by atomic mass is 9.82. The Morgan fingerprint density at radius 2 is 1.06 bits per heavy atom. The number of para-hydroxylation sites is 1. The van der Waals surface area contributed by atoms with Crippen molar-refractivity contribution in [3.63, 3.8) is 0 Å². The smallest absolute Gasteiger partial charge is 0.137 e. The minimum atomic E-state index is -0.122. The summed E-state index contributed by atoms with van der Waals surface area (Å²) in [5.41, 5.74) is 18.2. The van der Waals surface area contributed by atoms with Crippen LogP contribution < -0.4 is 4.90 Å². The van der Waals surface area contributed by atoms with Gasteiger partial charge in [0.25, 0.3) is 0 Å². The van der Waals surface area contributed by atoms with Crippen LogP contribution in [-0.4, -0.2) is 0 Å². The summed E-state index contributed by atoms with van der Waals surface area (Å²) in [5, 5.41) is 2.24. The summed E-state index contributed by atoms with van der Waals surface area (Å²) < 4.78 is 6.45. The number of nitrogens with zero attached hydrogens (tertiary/aromatic N) is 1. The average Bonchev–Trinajstić information content (AvgIpc) is 3.72. The van der Waals surface area contributed by atoms with Crippen LogP contribution in [0.1, 0.15) is 49.9 Å². The lowest BCUT2D eigenvalue weighted by Crippen LogP contribution is -2.17. The zero-order valence-electron chi connectivity index (χ0n) is 28.8. The monoisotopic (exact) mass is 643 g/mol. The van der Waals surface area contributed by atoms with Gasteiger partial charge in [-0.3, -0.25) is 0 Å². The topological polar surface area (TPSA) is 16.4 Å². The first-order chi connectivity index (χ1) is 24.3. The van der Waals surface area contributed by atoms with E-state index in [4.69, 9.17) is 4.42 Å². The zero-order valence-corrected chi connectivity index (χ0v) is 28.8. The fourth-order valence-electron chi connectivity index (χ4n) is 8.99. The third-order valence-electron chi connectivity index (χ3n) is 11.5. The normalized spacial score (nSPS) is 14.7. The summed E-state index contributed by atoms with van der Waals surface area (Å²) in [6, 6.07) is 55.6. The molecular weight excluding hydrogens is 607 g/mol. The predicted molar refractivity (Wildman–Crippen MR) is 209 cm³/mol. The largest absolute Gasteiger partial charge is 0.456 e. The number of rotatable bonds is 4. The summed E-state index contributed by atoms with van der Waals surface area (Å²) in [5.74, 6) is 0. The summed E-state index contributed by atoms with van der Waals surface area (Å²) >= 11 is 0. The number of hydrogen-bond donors (Lipinski definition) is 0. The summed E-state index contributed by atoms with van der Waals surface area (Å²) in [6.07, 6.45) is 0. The van der Waals surface area contributed by atoms with E-state index < -0.39 is 0 Å². The lowest BCUT2D eigenvalue weighted by Gasteiger charge is -2.29. The molecule has 7 aromatic carbocycles. The molecule has 0 unspecified atom stereocenters. The Morgan fingerprint density at radius 3 is 1.94 bits per heavy atom. The average molecular weight is 644 g/mol. The summed E-state index contributed by atoms with van der Waals surface area (Å²) in [4.78, 5) is 2.46. The SMILES string of the molecule is CC1(C)c2ccccc2-c2ccc(N(c3ccc4c(c3)-c3c(-c5ccccc5)cccc3C4(C)C)c3cccc4oc5ccccc5c34)cc21. The second-order valence-electron chi connectivity index (χ2n) is 14.9. The van der Waals surface area contributed by atoms with Gasteiger partial charge >= 0.3 is 0 Å². The van der Waals surface area contributed by atoms with E-state index in [1.54, 1.807) is 0 Å². The van der Waals surface area contributed by atoms with Crippen LogP contribution in [0.5, 0.6) is 0 Å². The maximum atomic E-state index is 6.45. The van der Waals surface area contributed by atoms with Crippen molar-refractivity contribution in [3.05, 3.63) is 174 Å². The van der Waals surface area contributed by atoms with Gasteiger partial charge in [0, 0.05) is 27.6 Å². The molecule has 2 aliphatic rings. The first kappa shape index (κ1) is 29.1. The Morgan fingerprint density at radius 1 is 0.440 bits per heavy atom. The molecule has 2 aliphatic carbocycles. The molecule has 2 nitrogen and oxygen atoms in total. The zero-order chi connectivity index (χ0) is 33.8. The molecule has 1 heterocycles. The van der Waals surface area contributed by atoms with Crippen molar-refractivity contribution < 1.29 is 4.42 Å². The van der Waals surface area contributed by atoms with E-state index in [9.17, 15) is 0 Å². The van der Waals surface area contributed by atoms with E-state index >= 15 is 0 Å². The Labute approximate surface area is 293 Å².